The van der Waals surface area contributed by atoms with E-state index < -0.39 is 4.92 Å². The molecular formula is C10H7ClN4O3. The van der Waals surface area contributed by atoms with Gasteiger partial charge in [0.25, 0.3) is 0 Å². The average molecular weight is 267 g/mol. The van der Waals surface area contributed by atoms with E-state index in [1.165, 1.54) is 19.2 Å². The van der Waals surface area contributed by atoms with Gasteiger partial charge < -0.3 is 4.74 Å². The molecule has 0 spiro atoms. The second-order valence-corrected chi connectivity index (χ2v) is 3.36. The summed E-state index contributed by atoms with van der Waals surface area (Å²) in [5.74, 6) is 5.18. The van der Waals surface area contributed by atoms with Crippen molar-refractivity contribution in [2.75, 3.05) is 13.7 Å². The lowest BCUT2D eigenvalue weighted by molar-refractivity contribution is -0.385. The number of methoxy groups -OCH3 is 1. The van der Waals surface area contributed by atoms with Gasteiger partial charge in [-0.2, -0.15) is 0 Å². The third-order valence-corrected chi connectivity index (χ3v) is 2.21. The molecule has 0 heterocycles. The lowest BCUT2D eigenvalue weighted by Crippen LogP contribution is -1.95. The molecule has 8 heteroatoms. The number of azide groups is 1. The number of benzene rings is 1. The summed E-state index contributed by atoms with van der Waals surface area (Å²) in [7, 11) is 1.31. The second kappa shape index (κ2) is 6.35. The summed E-state index contributed by atoms with van der Waals surface area (Å²) < 4.78 is 4.84. The van der Waals surface area contributed by atoms with Crippen molar-refractivity contribution < 1.29 is 9.66 Å². The minimum Gasteiger partial charge on any atom is -0.490 e. The molecule has 0 bridgehead atoms. The van der Waals surface area contributed by atoms with Gasteiger partial charge in [-0.05, 0) is 5.53 Å². The number of rotatable bonds is 3. The zero-order valence-corrected chi connectivity index (χ0v) is 10.0. The molecule has 1 aromatic rings. The van der Waals surface area contributed by atoms with Gasteiger partial charge >= 0.3 is 5.69 Å². The predicted molar refractivity (Wildman–Crippen MR) is 65.5 cm³/mol. The van der Waals surface area contributed by atoms with Crippen LogP contribution < -0.4 is 4.74 Å². The Bertz CT molecular complexity index is 585. The Morgan fingerprint density at radius 1 is 1.67 bits per heavy atom. The van der Waals surface area contributed by atoms with E-state index in [1.807, 2.05) is 0 Å². The summed E-state index contributed by atoms with van der Waals surface area (Å²) in [6.45, 7) is -0.0351. The maximum absolute atomic E-state index is 10.8. The summed E-state index contributed by atoms with van der Waals surface area (Å²) in [5, 5.41) is 14.2. The molecule has 0 aliphatic rings. The van der Waals surface area contributed by atoms with Gasteiger partial charge in [-0.15, -0.1) is 0 Å². The van der Waals surface area contributed by atoms with E-state index in [4.69, 9.17) is 21.9 Å². The number of hydrogen-bond donors (Lipinski definition) is 0. The van der Waals surface area contributed by atoms with Crippen LogP contribution in [-0.2, 0) is 0 Å². The summed E-state index contributed by atoms with van der Waals surface area (Å²) in [6.07, 6.45) is 0. The number of nitro groups is 1. The quantitative estimate of drug-likeness (QED) is 0.210. The minimum absolute atomic E-state index is 0.0351. The van der Waals surface area contributed by atoms with Crippen LogP contribution in [0.15, 0.2) is 17.2 Å². The van der Waals surface area contributed by atoms with E-state index in [-0.39, 0.29) is 28.6 Å². The van der Waals surface area contributed by atoms with Gasteiger partial charge in [0, 0.05) is 17.0 Å². The molecule has 0 aliphatic carbocycles. The smallest absolute Gasteiger partial charge is 0.312 e. The first-order valence-electron chi connectivity index (χ1n) is 4.61. The Balaban J connectivity index is 3.19. The van der Waals surface area contributed by atoms with Gasteiger partial charge in [0.2, 0.25) is 0 Å². The van der Waals surface area contributed by atoms with E-state index in [1.54, 1.807) is 0 Å². The number of nitro benzene ring substituents is 1. The maximum atomic E-state index is 10.8. The molecule has 0 atom stereocenters. The van der Waals surface area contributed by atoms with Crippen LogP contribution >= 0.6 is 11.6 Å². The van der Waals surface area contributed by atoms with Crippen LogP contribution in [0.2, 0.25) is 5.02 Å². The number of ether oxygens (including phenoxy) is 1. The molecule has 0 fully saturated rings. The molecule has 0 N–H and O–H groups in total. The predicted octanol–water partition coefficient (Wildman–Crippen LogP) is 2.92. The van der Waals surface area contributed by atoms with E-state index >= 15 is 0 Å². The highest BCUT2D eigenvalue weighted by Crippen LogP contribution is 2.32. The topological polar surface area (TPSA) is 101 Å². The fourth-order valence-corrected chi connectivity index (χ4v) is 1.35. The van der Waals surface area contributed by atoms with Gasteiger partial charge in [0.15, 0.2) is 5.75 Å². The summed E-state index contributed by atoms with van der Waals surface area (Å²) >= 11 is 5.89. The Labute approximate surface area is 107 Å². The standard InChI is InChI=1S/C10H7ClN4O3/c1-18-10-6-8(11)7(3-2-4-13-14-12)5-9(10)15(16)17/h5-6H,4H2,1H3. The lowest BCUT2D eigenvalue weighted by atomic mass is 10.2. The van der Waals surface area contributed by atoms with Gasteiger partial charge in [-0.3, -0.25) is 10.1 Å². The van der Waals surface area contributed by atoms with Crippen molar-refractivity contribution in [1.82, 2.24) is 0 Å². The third kappa shape index (κ3) is 3.28. The van der Waals surface area contributed by atoms with Crippen molar-refractivity contribution >= 4 is 17.3 Å². The zero-order valence-electron chi connectivity index (χ0n) is 9.25. The fourth-order valence-electron chi connectivity index (χ4n) is 1.15. The van der Waals surface area contributed by atoms with E-state index in [0.29, 0.717) is 0 Å². The number of nitrogens with zero attached hydrogens (tertiary/aromatic N) is 4. The zero-order chi connectivity index (χ0) is 13.5. The van der Waals surface area contributed by atoms with Crippen molar-refractivity contribution in [3.63, 3.8) is 0 Å². The van der Waals surface area contributed by atoms with E-state index in [2.05, 4.69) is 21.9 Å². The first-order chi connectivity index (χ1) is 8.60. The van der Waals surface area contributed by atoms with Crippen LogP contribution in [0.5, 0.6) is 5.75 Å². The molecule has 0 saturated heterocycles. The van der Waals surface area contributed by atoms with E-state index in [0.717, 1.165) is 0 Å². The molecule has 0 radical (unpaired) electrons. The number of hydrogen-bond acceptors (Lipinski definition) is 4. The largest absolute Gasteiger partial charge is 0.490 e. The van der Waals surface area contributed by atoms with Gasteiger partial charge in [-0.25, -0.2) is 0 Å². The molecule has 92 valence electrons. The van der Waals surface area contributed by atoms with Gasteiger partial charge in [0.1, 0.15) is 0 Å². The van der Waals surface area contributed by atoms with Crippen LogP contribution in [0.3, 0.4) is 0 Å². The van der Waals surface area contributed by atoms with Crippen molar-refractivity contribution in [3.8, 4) is 17.6 Å². The summed E-state index contributed by atoms with van der Waals surface area (Å²) in [4.78, 5) is 12.7. The normalized spacial score (nSPS) is 8.78. The molecule has 0 saturated carbocycles. The van der Waals surface area contributed by atoms with Crippen LogP contribution in [-0.4, -0.2) is 18.6 Å². The average Bonchev–Trinajstić information content (AvgIpc) is 2.35. The molecule has 0 unspecified atom stereocenters. The van der Waals surface area contributed by atoms with Crippen LogP contribution in [0, 0.1) is 22.0 Å². The van der Waals surface area contributed by atoms with Crippen LogP contribution in [0.4, 0.5) is 5.69 Å². The summed E-state index contributed by atoms with van der Waals surface area (Å²) in [6, 6.07) is 2.53. The van der Waals surface area contributed by atoms with Crippen molar-refractivity contribution in [3.05, 3.63) is 43.3 Å². The highest BCUT2D eigenvalue weighted by Gasteiger charge is 2.17. The number of halogens is 1. The second-order valence-electron chi connectivity index (χ2n) is 2.95. The third-order valence-electron chi connectivity index (χ3n) is 1.90. The van der Waals surface area contributed by atoms with Crippen LogP contribution in [0.1, 0.15) is 5.56 Å². The fraction of sp³-hybridized carbons (Fsp3) is 0.200. The highest BCUT2D eigenvalue weighted by atomic mass is 35.5. The lowest BCUT2D eigenvalue weighted by Gasteiger charge is -2.03. The highest BCUT2D eigenvalue weighted by molar-refractivity contribution is 6.32. The van der Waals surface area contributed by atoms with Crippen LogP contribution in [0.25, 0.3) is 10.4 Å². The molecule has 1 aromatic carbocycles. The SMILES string of the molecule is COc1cc(Cl)c(C#CCN=[N+]=[N-])cc1[N+](=O)[O-]. The molecule has 0 aliphatic heterocycles. The first-order valence-corrected chi connectivity index (χ1v) is 4.99. The van der Waals surface area contributed by atoms with Crippen molar-refractivity contribution in [2.45, 2.75) is 0 Å². The Morgan fingerprint density at radius 2 is 2.39 bits per heavy atom. The molecule has 1 rings (SSSR count). The molecule has 7 nitrogen and oxygen atoms in total. The van der Waals surface area contributed by atoms with Gasteiger partial charge in [-0.1, -0.05) is 28.6 Å². The minimum atomic E-state index is -0.590. The first kappa shape index (κ1) is 13.6. The maximum Gasteiger partial charge on any atom is 0.312 e. The molecule has 0 amide bonds. The van der Waals surface area contributed by atoms with Gasteiger partial charge in [0.05, 0.1) is 29.2 Å². The molecule has 18 heavy (non-hydrogen) atoms. The Morgan fingerprint density at radius 3 is 2.94 bits per heavy atom. The Hall–Kier alpha value is -2.42. The van der Waals surface area contributed by atoms with Crippen molar-refractivity contribution in [2.24, 2.45) is 5.11 Å². The monoisotopic (exact) mass is 266 g/mol. The molecular weight excluding hydrogens is 260 g/mol. The Kier molecular flexibility index (Phi) is 4.81. The summed E-state index contributed by atoms with van der Waals surface area (Å²) in [5.41, 5.74) is 8.11. The van der Waals surface area contributed by atoms with Crippen molar-refractivity contribution in [1.29, 1.82) is 0 Å². The molecule has 0 aromatic heterocycles. The van der Waals surface area contributed by atoms with E-state index in [9.17, 15) is 10.1 Å².